The second kappa shape index (κ2) is 12.1. The number of aromatic carboxylic acids is 1. The van der Waals surface area contributed by atoms with E-state index in [1.165, 1.54) is 12.1 Å². The van der Waals surface area contributed by atoms with E-state index in [9.17, 15) is 24.6 Å². The minimum absolute atomic E-state index is 0.0543. The van der Waals surface area contributed by atoms with Gasteiger partial charge in [-0.3, -0.25) is 4.79 Å². The van der Waals surface area contributed by atoms with Gasteiger partial charge in [-0.05, 0) is 80.7 Å². The van der Waals surface area contributed by atoms with Crippen molar-refractivity contribution in [1.82, 2.24) is 9.88 Å². The molecule has 0 fully saturated rings. The van der Waals surface area contributed by atoms with Crippen LogP contribution in [0.2, 0.25) is 18.1 Å². The van der Waals surface area contributed by atoms with Gasteiger partial charge in [-0.15, -0.1) is 0 Å². The Labute approximate surface area is 242 Å². The lowest BCUT2D eigenvalue weighted by molar-refractivity contribution is 0.0159. The van der Waals surface area contributed by atoms with Crippen LogP contribution in [0, 0.1) is 0 Å². The van der Waals surface area contributed by atoms with Gasteiger partial charge in [-0.1, -0.05) is 39.0 Å². The summed E-state index contributed by atoms with van der Waals surface area (Å²) >= 11 is 0. The summed E-state index contributed by atoms with van der Waals surface area (Å²) < 4.78 is 12.7. The van der Waals surface area contributed by atoms with Crippen LogP contribution in [0.1, 0.15) is 69.1 Å². The zero-order chi connectivity index (χ0) is 30.8. The predicted molar refractivity (Wildman–Crippen MR) is 162 cm³/mol. The van der Waals surface area contributed by atoms with E-state index < -0.39 is 32.1 Å². The lowest BCUT2D eigenvalue weighted by atomic mass is 10.0. The molecule has 0 unspecified atom stereocenters. The van der Waals surface area contributed by atoms with Gasteiger partial charge >= 0.3 is 12.1 Å². The number of carbonyl (C=O) groups is 2. The number of aromatic hydroxyl groups is 1. The second-order valence-corrected chi connectivity index (χ2v) is 17.6. The zero-order valence-corrected chi connectivity index (χ0v) is 26.2. The quantitative estimate of drug-likeness (QED) is 0.246. The van der Waals surface area contributed by atoms with Crippen molar-refractivity contribution >= 4 is 31.3 Å². The molecule has 1 aromatic heterocycles. The summed E-state index contributed by atoms with van der Waals surface area (Å²) in [5.41, 5.74) is 1.05. The predicted octanol–water partition coefficient (Wildman–Crippen LogP) is 6.47. The van der Waals surface area contributed by atoms with Crippen molar-refractivity contribution in [2.75, 3.05) is 13.1 Å². The number of amides is 1. The molecule has 0 aliphatic heterocycles. The van der Waals surface area contributed by atoms with Crippen molar-refractivity contribution in [2.24, 2.45) is 0 Å². The summed E-state index contributed by atoms with van der Waals surface area (Å²) in [6, 6.07) is 12.9. The van der Waals surface area contributed by atoms with Crippen LogP contribution in [-0.2, 0) is 15.6 Å². The molecule has 0 aliphatic carbocycles. The fourth-order valence-electron chi connectivity index (χ4n) is 4.13. The molecule has 222 valence electrons. The minimum atomic E-state index is -2.38. The first-order valence-corrected chi connectivity index (χ1v) is 16.6. The van der Waals surface area contributed by atoms with Crippen LogP contribution in [-0.4, -0.2) is 59.2 Å². The molecule has 9 nitrogen and oxygen atoms in total. The van der Waals surface area contributed by atoms with Crippen LogP contribution in [0.5, 0.6) is 5.75 Å². The summed E-state index contributed by atoms with van der Waals surface area (Å²) in [5.74, 6) is -1.05. The van der Waals surface area contributed by atoms with E-state index in [2.05, 4.69) is 38.8 Å². The number of H-pyrrole nitrogens is 1. The largest absolute Gasteiger partial charge is 0.506 e. The Kier molecular flexibility index (Phi) is 9.39. The van der Waals surface area contributed by atoms with Crippen molar-refractivity contribution < 1.29 is 29.0 Å². The molecule has 0 radical (unpaired) electrons. The molecule has 0 saturated heterocycles. The first-order chi connectivity index (χ1) is 18.9. The van der Waals surface area contributed by atoms with E-state index in [0.29, 0.717) is 23.9 Å². The van der Waals surface area contributed by atoms with Gasteiger partial charge in [-0.25, -0.2) is 9.59 Å². The topological polar surface area (TPSA) is 129 Å². The highest BCUT2D eigenvalue weighted by Gasteiger charge is 2.40. The maximum absolute atomic E-state index is 13.5. The number of benzene rings is 2. The van der Waals surface area contributed by atoms with Gasteiger partial charge in [0.1, 0.15) is 11.4 Å². The monoisotopic (exact) mass is 582 g/mol. The van der Waals surface area contributed by atoms with Gasteiger partial charge in [0, 0.05) is 18.0 Å². The molecule has 1 amide bonds. The summed E-state index contributed by atoms with van der Waals surface area (Å²) in [7, 11) is -2.38. The Morgan fingerprint density at radius 2 is 1.61 bits per heavy atom. The van der Waals surface area contributed by atoms with Crippen molar-refractivity contribution in [3.63, 3.8) is 0 Å². The van der Waals surface area contributed by atoms with E-state index in [-0.39, 0.29) is 28.5 Å². The molecule has 0 spiro atoms. The summed E-state index contributed by atoms with van der Waals surface area (Å²) in [6.45, 7) is 16.5. The van der Waals surface area contributed by atoms with Gasteiger partial charge in [0.2, 0.25) is 5.56 Å². The van der Waals surface area contributed by atoms with Crippen LogP contribution in [0.25, 0.3) is 10.9 Å². The average molecular weight is 583 g/mol. The first-order valence-electron chi connectivity index (χ1n) is 13.7. The Bertz CT molecular complexity index is 1450. The Hall–Kier alpha value is -3.63. The molecule has 0 bridgehead atoms. The van der Waals surface area contributed by atoms with Crippen LogP contribution >= 0.6 is 0 Å². The molecule has 2 aromatic carbocycles. The second-order valence-electron chi connectivity index (χ2n) is 12.8. The number of fused-ring (bicyclic) bond motifs is 1. The Morgan fingerprint density at radius 3 is 2.17 bits per heavy atom. The van der Waals surface area contributed by atoms with Crippen LogP contribution in [0.3, 0.4) is 0 Å². The number of nitrogens with zero attached hydrogens (tertiary/aromatic N) is 1. The number of aromatic amines is 1. The Morgan fingerprint density at radius 1 is 0.976 bits per heavy atom. The number of carboxylic acids is 1. The number of phenolic OH excluding ortho intramolecular Hbond substituents is 1. The molecule has 0 saturated carbocycles. The van der Waals surface area contributed by atoms with Crippen LogP contribution < -0.4 is 5.56 Å². The fraction of sp³-hybridized carbons (Fsp3) is 0.452. The van der Waals surface area contributed by atoms with E-state index in [1.807, 2.05) is 0 Å². The van der Waals surface area contributed by atoms with Crippen LogP contribution in [0.15, 0.2) is 53.3 Å². The third-order valence-corrected chi connectivity index (χ3v) is 11.9. The van der Waals surface area contributed by atoms with Gasteiger partial charge < -0.3 is 29.3 Å². The molecule has 0 aliphatic rings. The highest BCUT2D eigenvalue weighted by Crippen LogP contribution is 2.41. The maximum atomic E-state index is 13.5. The number of nitrogens with one attached hydrogen (secondary N) is 1. The van der Waals surface area contributed by atoms with Crippen molar-refractivity contribution in [1.29, 1.82) is 0 Å². The van der Waals surface area contributed by atoms with Gasteiger partial charge in [0.15, 0.2) is 8.32 Å². The summed E-state index contributed by atoms with van der Waals surface area (Å²) in [6.07, 6.45) is -0.623. The molecular weight excluding hydrogens is 540 g/mol. The molecule has 1 atom stereocenters. The molecule has 3 N–H and O–H groups in total. The minimum Gasteiger partial charge on any atom is -0.506 e. The maximum Gasteiger partial charge on any atom is 0.410 e. The third kappa shape index (κ3) is 8.20. The number of carbonyl (C=O) groups excluding carboxylic acids is 1. The highest BCUT2D eigenvalue weighted by atomic mass is 28.4. The van der Waals surface area contributed by atoms with Crippen molar-refractivity contribution in [3.8, 4) is 5.75 Å². The van der Waals surface area contributed by atoms with Crippen LogP contribution in [0.4, 0.5) is 4.79 Å². The summed E-state index contributed by atoms with van der Waals surface area (Å²) in [5, 5.41) is 20.2. The lowest BCUT2D eigenvalue weighted by Gasteiger charge is -2.41. The van der Waals surface area contributed by atoms with Crippen molar-refractivity contribution in [3.05, 3.63) is 75.6 Å². The number of hydrogen-bond acceptors (Lipinski definition) is 6. The molecule has 3 aromatic rings. The van der Waals surface area contributed by atoms with Gasteiger partial charge in [-0.2, -0.15) is 0 Å². The van der Waals surface area contributed by atoms with Crippen molar-refractivity contribution in [2.45, 2.75) is 77.8 Å². The van der Waals surface area contributed by atoms with Gasteiger partial charge in [0.05, 0.1) is 23.7 Å². The number of aromatic nitrogens is 1. The number of hydrogen-bond donors (Lipinski definition) is 3. The standard InChI is InChI=1S/C31H42N2O7Si/c1-30(2,3)39-29(38)33(18-17-20-9-11-21(12-10-20)28(36)37)19-25(40-41(7,8)31(4,5)6)22-13-15-24(34)27-23(22)14-16-26(35)32-27/h9-16,25,34H,17-19H2,1-8H3,(H,32,35)(H,36,37)/t25-/m0/s1. The number of pyridine rings is 1. The SMILES string of the molecule is CC(C)(C)OC(=O)N(CCc1ccc(C(=O)O)cc1)C[C@H](O[Si](C)(C)C(C)(C)C)c1ccc(O)c2[nH]c(=O)ccc12. The van der Waals surface area contributed by atoms with E-state index >= 15 is 0 Å². The molecular formula is C31H42N2O7Si. The zero-order valence-electron chi connectivity index (χ0n) is 25.2. The third-order valence-electron chi connectivity index (χ3n) is 7.41. The molecule has 3 rings (SSSR count). The fourth-order valence-corrected chi connectivity index (χ4v) is 5.40. The summed E-state index contributed by atoms with van der Waals surface area (Å²) in [4.78, 5) is 41.2. The highest BCUT2D eigenvalue weighted by molar-refractivity contribution is 6.74. The number of rotatable bonds is 9. The van der Waals surface area contributed by atoms with E-state index in [0.717, 1.165) is 11.1 Å². The Balaban J connectivity index is 2.05. The van der Waals surface area contributed by atoms with Gasteiger partial charge in [0.25, 0.3) is 0 Å². The van der Waals surface area contributed by atoms with E-state index in [4.69, 9.17) is 9.16 Å². The number of phenols is 1. The molecule has 1 heterocycles. The smallest absolute Gasteiger partial charge is 0.410 e. The normalized spacial score (nSPS) is 13.2. The number of ether oxygens (including phenoxy) is 1. The number of carboxylic acid groups (broad SMARTS) is 1. The average Bonchev–Trinajstić information content (AvgIpc) is 2.84. The first kappa shape index (κ1) is 31.9. The lowest BCUT2D eigenvalue weighted by Crippen LogP contribution is -2.46. The molecule has 10 heteroatoms. The van der Waals surface area contributed by atoms with E-state index in [1.54, 1.807) is 62.1 Å². The molecule has 41 heavy (non-hydrogen) atoms.